The van der Waals surface area contributed by atoms with Gasteiger partial charge in [-0.05, 0) is 75.3 Å². The first-order valence-corrected chi connectivity index (χ1v) is 15.4. The van der Waals surface area contributed by atoms with Crippen molar-refractivity contribution in [2.45, 2.75) is 103 Å². The van der Waals surface area contributed by atoms with Crippen molar-refractivity contribution in [3.8, 4) is 11.5 Å². The number of thioether (sulfide) groups is 1. The van der Waals surface area contributed by atoms with Crippen LogP contribution in [0.4, 0.5) is 0 Å². The molecule has 3 heterocycles. The van der Waals surface area contributed by atoms with Gasteiger partial charge in [0.2, 0.25) is 0 Å². The van der Waals surface area contributed by atoms with Gasteiger partial charge in [0.1, 0.15) is 17.1 Å². The smallest absolute Gasteiger partial charge is 0.311 e. The van der Waals surface area contributed by atoms with Crippen molar-refractivity contribution in [2.24, 2.45) is 5.92 Å². The average molecular weight is 530 g/mol. The molecule has 6 heteroatoms. The van der Waals surface area contributed by atoms with Crippen LogP contribution in [0.1, 0.15) is 97.1 Å². The summed E-state index contributed by atoms with van der Waals surface area (Å²) in [6.07, 6.45) is 9.48. The Morgan fingerprint density at radius 1 is 1.19 bits per heavy atom. The summed E-state index contributed by atoms with van der Waals surface area (Å²) < 4.78 is 18.2. The van der Waals surface area contributed by atoms with E-state index in [0.717, 1.165) is 69.8 Å². The van der Waals surface area contributed by atoms with E-state index in [9.17, 15) is 4.79 Å². The Morgan fingerprint density at radius 3 is 2.73 bits per heavy atom. The largest absolute Gasteiger partial charge is 0.482 e. The number of aryl methyl sites for hydroxylation is 1. The van der Waals surface area contributed by atoms with Crippen LogP contribution in [-0.4, -0.2) is 54.6 Å². The molecule has 1 saturated heterocycles. The Bertz CT molecular complexity index is 966. The predicted molar refractivity (Wildman–Crippen MR) is 153 cm³/mol. The number of carbonyl (C=O) groups excluding carboxylic acids is 1. The highest BCUT2D eigenvalue weighted by atomic mass is 32.2. The second-order valence-corrected chi connectivity index (χ2v) is 13.1. The number of ether oxygens (including phenoxy) is 3. The molecule has 3 aliphatic rings. The van der Waals surface area contributed by atoms with Gasteiger partial charge >= 0.3 is 5.97 Å². The Kier molecular flexibility index (Phi) is 10.0. The molecule has 3 aliphatic heterocycles. The van der Waals surface area contributed by atoms with Gasteiger partial charge in [0, 0.05) is 29.7 Å². The number of unbranched alkanes of at least 4 members (excludes halogenated alkanes) is 2. The molecule has 1 aromatic carbocycles. The quantitative estimate of drug-likeness (QED) is 0.161. The molecule has 1 fully saturated rings. The summed E-state index contributed by atoms with van der Waals surface area (Å²) in [6, 6.07) is 4.33. The van der Waals surface area contributed by atoms with E-state index in [4.69, 9.17) is 14.2 Å². The number of benzene rings is 1. The van der Waals surface area contributed by atoms with E-state index in [1.54, 1.807) is 0 Å². The van der Waals surface area contributed by atoms with Crippen molar-refractivity contribution in [1.82, 2.24) is 4.90 Å². The fourth-order valence-corrected chi connectivity index (χ4v) is 7.03. The highest BCUT2D eigenvalue weighted by Gasteiger charge is 2.42. The Labute approximate surface area is 228 Å². The molecule has 0 N–H and O–H groups in total. The lowest BCUT2D eigenvalue weighted by Crippen LogP contribution is -2.37. The fourth-order valence-electron chi connectivity index (χ4n) is 5.73. The number of rotatable bonds is 12. The zero-order valence-corrected chi connectivity index (χ0v) is 24.5. The molecule has 0 spiro atoms. The van der Waals surface area contributed by atoms with Crippen LogP contribution in [0.15, 0.2) is 17.0 Å². The molecule has 4 rings (SSSR count). The number of fused-ring (bicyclic) bond motifs is 2. The average Bonchev–Trinajstić information content (AvgIpc) is 3.25. The Balaban J connectivity index is 1.50. The number of hydrogen-bond donors (Lipinski definition) is 0. The van der Waals surface area contributed by atoms with Crippen molar-refractivity contribution < 1.29 is 19.0 Å². The molecule has 0 aliphatic carbocycles. The summed E-state index contributed by atoms with van der Waals surface area (Å²) in [6.45, 7) is 15.6. The normalized spacial score (nSPS) is 21.8. The topological polar surface area (TPSA) is 48.0 Å². The first-order valence-electron chi connectivity index (χ1n) is 14.5. The van der Waals surface area contributed by atoms with Crippen molar-refractivity contribution in [3.63, 3.8) is 0 Å². The summed E-state index contributed by atoms with van der Waals surface area (Å²) >= 11 is 1.90. The molecule has 2 unspecified atom stereocenters. The lowest BCUT2D eigenvalue weighted by molar-refractivity contribution is -0.134. The fraction of sp³-hybridized carbons (Fsp3) is 0.710. The van der Waals surface area contributed by atoms with Crippen LogP contribution >= 0.6 is 11.8 Å². The minimum Gasteiger partial charge on any atom is -0.482 e. The van der Waals surface area contributed by atoms with Crippen LogP contribution in [0, 0.1) is 5.92 Å². The molecular formula is C31H47NO4S. The van der Waals surface area contributed by atoms with Gasteiger partial charge in [-0.15, -0.1) is 11.8 Å². The van der Waals surface area contributed by atoms with Crippen LogP contribution in [0.3, 0.4) is 0 Å². The number of hydrogen-bond acceptors (Lipinski definition) is 6. The van der Waals surface area contributed by atoms with Crippen LogP contribution in [-0.2, 0) is 16.0 Å². The monoisotopic (exact) mass is 529 g/mol. The van der Waals surface area contributed by atoms with E-state index in [2.05, 4.69) is 51.7 Å². The molecule has 5 nitrogen and oxygen atoms in total. The van der Waals surface area contributed by atoms with Crippen molar-refractivity contribution in [3.05, 3.63) is 28.2 Å². The maximum Gasteiger partial charge on any atom is 0.311 e. The van der Waals surface area contributed by atoms with E-state index in [1.807, 2.05) is 11.8 Å². The second kappa shape index (κ2) is 13.0. The minimum atomic E-state index is -0.358. The van der Waals surface area contributed by atoms with Crippen LogP contribution in [0.2, 0.25) is 0 Å². The summed E-state index contributed by atoms with van der Waals surface area (Å²) in [5.41, 5.74) is 3.16. The number of allylic oxidation sites excluding steroid dienone is 1. The first-order chi connectivity index (χ1) is 17.8. The molecule has 0 bridgehead atoms. The van der Waals surface area contributed by atoms with E-state index in [0.29, 0.717) is 23.3 Å². The highest BCUT2D eigenvalue weighted by molar-refractivity contribution is 8.04. The van der Waals surface area contributed by atoms with Gasteiger partial charge < -0.3 is 14.2 Å². The van der Waals surface area contributed by atoms with Crippen LogP contribution in [0.5, 0.6) is 11.5 Å². The minimum absolute atomic E-state index is 0.147. The van der Waals surface area contributed by atoms with Gasteiger partial charge in [0.25, 0.3) is 0 Å². The molecule has 0 saturated carbocycles. The predicted octanol–water partition coefficient (Wildman–Crippen LogP) is 7.26. The zero-order chi connectivity index (χ0) is 26.4. The van der Waals surface area contributed by atoms with Gasteiger partial charge in [0.05, 0.1) is 18.8 Å². The van der Waals surface area contributed by atoms with E-state index < -0.39 is 0 Å². The SMILES string of the molecule is CCCCCC(C)CCc1cc(OC(=O)CCCN2CCOCC2)c2c(c1)OC(C)(C)C1=C2CC(C)S1. The Hall–Kier alpha value is -1.50. The molecule has 0 amide bonds. The number of carbonyl (C=O) groups is 1. The van der Waals surface area contributed by atoms with Gasteiger partial charge in [-0.25, -0.2) is 0 Å². The highest BCUT2D eigenvalue weighted by Crippen LogP contribution is 2.56. The number of morpholine rings is 1. The maximum absolute atomic E-state index is 13.0. The summed E-state index contributed by atoms with van der Waals surface area (Å²) in [7, 11) is 0. The van der Waals surface area contributed by atoms with Crippen molar-refractivity contribution in [1.29, 1.82) is 0 Å². The standard InChI is InChI=1S/C31H47NO4S/c1-6-7-8-10-22(2)12-13-24-20-26(35-28(33)11-9-14-32-15-17-34-18-16-32)29-25-19-23(3)37-30(25)31(4,5)36-27(29)21-24/h20-23H,6-19H2,1-5H3. The van der Waals surface area contributed by atoms with E-state index in [1.165, 1.54) is 41.7 Å². The summed E-state index contributed by atoms with van der Waals surface area (Å²) in [4.78, 5) is 16.7. The molecule has 37 heavy (non-hydrogen) atoms. The third-order valence-electron chi connectivity index (χ3n) is 7.83. The first kappa shape index (κ1) is 28.5. The van der Waals surface area contributed by atoms with Gasteiger partial charge in [0.15, 0.2) is 0 Å². The second-order valence-electron chi connectivity index (χ2n) is 11.7. The molecule has 0 aromatic heterocycles. The molecular weight excluding hydrogens is 482 g/mol. The van der Waals surface area contributed by atoms with Crippen LogP contribution in [0.25, 0.3) is 5.57 Å². The molecule has 206 valence electrons. The lowest BCUT2D eigenvalue weighted by Gasteiger charge is -2.35. The zero-order valence-electron chi connectivity index (χ0n) is 23.7. The lowest BCUT2D eigenvalue weighted by atomic mass is 9.89. The van der Waals surface area contributed by atoms with Gasteiger partial charge in [-0.1, -0.05) is 46.5 Å². The molecule has 2 atom stereocenters. The molecule has 0 radical (unpaired) electrons. The third kappa shape index (κ3) is 7.54. The summed E-state index contributed by atoms with van der Waals surface area (Å²) in [5, 5.41) is 0.500. The number of esters is 1. The number of nitrogens with zero attached hydrogens (tertiary/aromatic N) is 1. The van der Waals surface area contributed by atoms with E-state index in [-0.39, 0.29) is 11.6 Å². The van der Waals surface area contributed by atoms with Gasteiger partial charge in [-0.2, -0.15) is 0 Å². The van der Waals surface area contributed by atoms with E-state index >= 15 is 0 Å². The maximum atomic E-state index is 13.0. The summed E-state index contributed by atoms with van der Waals surface area (Å²) in [5.74, 6) is 2.12. The Morgan fingerprint density at radius 2 is 1.97 bits per heavy atom. The van der Waals surface area contributed by atoms with Crippen molar-refractivity contribution >= 4 is 23.3 Å². The third-order valence-corrected chi connectivity index (χ3v) is 9.38. The van der Waals surface area contributed by atoms with Crippen molar-refractivity contribution in [2.75, 3.05) is 32.8 Å². The van der Waals surface area contributed by atoms with Gasteiger partial charge in [-0.3, -0.25) is 9.69 Å². The van der Waals surface area contributed by atoms with Crippen LogP contribution < -0.4 is 9.47 Å². The molecule has 1 aromatic rings.